The molecule has 0 fully saturated rings. The molecule has 2 N–H and O–H groups in total. The highest BCUT2D eigenvalue weighted by Crippen LogP contribution is 1.93. The molecular formula is C4H11NO3S. The molecular weight excluding hydrogens is 142 g/mol. The SMILES string of the molecule is CNS(=O)(=O)C(C)CO. The average molecular weight is 153 g/mol. The summed E-state index contributed by atoms with van der Waals surface area (Å²) < 4.78 is 23.4. The van der Waals surface area contributed by atoms with E-state index in [1.807, 2.05) is 0 Å². The fourth-order valence-corrected chi connectivity index (χ4v) is 0.898. The van der Waals surface area contributed by atoms with Gasteiger partial charge in [0.15, 0.2) is 0 Å². The van der Waals surface area contributed by atoms with Gasteiger partial charge in [0.25, 0.3) is 0 Å². The maximum Gasteiger partial charge on any atom is 0.216 e. The standard InChI is InChI=1S/C4H11NO3S/c1-4(3-6)9(7,8)5-2/h4-6H,3H2,1-2H3. The van der Waals surface area contributed by atoms with E-state index in [0.29, 0.717) is 0 Å². The quantitative estimate of drug-likeness (QED) is 0.542. The highest BCUT2D eigenvalue weighted by Gasteiger charge is 2.16. The van der Waals surface area contributed by atoms with Crippen molar-refractivity contribution in [3.8, 4) is 0 Å². The van der Waals surface area contributed by atoms with Crippen molar-refractivity contribution < 1.29 is 13.5 Å². The van der Waals surface area contributed by atoms with Crippen molar-refractivity contribution in [3.63, 3.8) is 0 Å². The van der Waals surface area contributed by atoms with Gasteiger partial charge in [0, 0.05) is 0 Å². The molecule has 0 aliphatic heterocycles. The number of aliphatic hydroxyl groups is 1. The molecule has 0 saturated carbocycles. The van der Waals surface area contributed by atoms with Crippen LogP contribution in [0, 0.1) is 0 Å². The predicted molar refractivity (Wildman–Crippen MR) is 34.5 cm³/mol. The summed E-state index contributed by atoms with van der Waals surface area (Å²) in [7, 11) is -1.93. The molecule has 0 amide bonds. The second-order valence-corrected chi connectivity index (χ2v) is 4.05. The minimum Gasteiger partial charge on any atom is -0.395 e. The lowest BCUT2D eigenvalue weighted by molar-refractivity contribution is 0.295. The molecule has 0 radical (unpaired) electrons. The van der Waals surface area contributed by atoms with Gasteiger partial charge in [0.1, 0.15) is 0 Å². The molecule has 0 heterocycles. The van der Waals surface area contributed by atoms with Gasteiger partial charge in [-0.2, -0.15) is 0 Å². The van der Waals surface area contributed by atoms with Gasteiger partial charge in [-0.3, -0.25) is 0 Å². The Morgan fingerprint density at radius 2 is 2.11 bits per heavy atom. The first-order chi connectivity index (χ1) is 4.04. The van der Waals surface area contributed by atoms with Gasteiger partial charge >= 0.3 is 0 Å². The zero-order valence-electron chi connectivity index (χ0n) is 5.46. The Balaban J connectivity index is 4.17. The summed E-state index contributed by atoms with van der Waals surface area (Å²) in [5.74, 6) is 0. The van der Waals surface area contributed by atoms with Crippen molar-refractivity contribution in [1.29, 1.82) is 0 Å². The topological polar surface area (TPSA) is 66.4 Å². The highest BCUT2D eigenvalue weighted by atomic mass is 32.2. The molecule has 56 valence electrons. The molecule has 0 aliphatic carbocycles. The van der Waals surface area contributed by atoms with Gasteiger partial charge in [-0.25, -0.2) is 13.1 Å². The van der Waals surface area contributed by atoms with Crippen molar-refractivity contribution in [2.24, 2.45) is 0 Å². The number of aliphatic hydroxyl groups excluding tert-OH is 1. The number of hydrogen-bond donors (Lipinski definition) is 2. The van der Waals surface area contributed by atoms with Crippen molar-refractivity contribution >= 4 is 10.0 Å². The third-order valence-corrected chi connectivity index (χ3v) is 2.85. The maximum absolute atomic E-state index is 10.7. The molecule has 0 aromatic carbocycles. The van der Waals surface area contributed by atoms with E-state index < -0.39 is 15.3 Å². The van der Waals surface area contributed by atoms with E-state index in [1.165, 1.54) is 14.0 Å². The monoisotopic (exact) mass is 153 g/mol. The Labute approximate surface area is 54.9 Å². The number of sulfonamides is 1. The Kier molecular flexibility index (Phi) is 3.10. The summed E-state index contributed by atoms with van der Waals surface area (Å²) in [5.41, 5.74) is 0. The van der Waals surface area contributed by atoms with Gasteiger partial charge in [-0.1, -0.05) is 0 Å². The first kappa shape index (κ1) is 8.87. The number of nitrogens with one attached hydrogen (secondary N) is 1. The van der Waals surface area contributed by atoms with Crippen LogP contribution in [0.25, 0.3) is 0 Å². The Morgan fingerprint density at radius 1 is 1.67 bits per heavy atom. The Hall–Kier alpha value is -0.130. The second kappa shape index (κ2) is 3.14. The van der Waals surface area contributed by atoms with Crippen LogP contribution >= 0.6 is 0 Å². The van der Waals surface area contributed by atoms with Crippen LogP contribution in [-0.4, -0.2) is 32.4 Å². The molecule has 0 aromatic heterocycles. The van der Waals surface area contributed by atoms with Gasteiger partial charge < -0.3 is 5.11 Å². The lowest BCUT2D eigenvalue weighted by Gasteiger charge is -2.06. The fraction of sp³-hybridized carbons (Fsp3) is 1.00. The minimum absolute atomic E-state index is 0.344. The van der Waals surface area contributed by atoms with E-state index in [4.69, 9.17) is 5.11 Å². The first-order valence-electron chi connectivity index (χ1n) is 2.57. The first-order valence-corrected chi connectivity index (χ1v) is 4.12. The average Bonchev–Trinajstić information content (AvgIpc) is 1.86. The van der Waals surface area contributed by atoms with Crippen molar-refractivity contribution in [2.45, 2.75) is 12.2 Å². The smallest absolute Gasteiger partial charge is 0.216 e. The van der Waals surface area contributed by atoms with E-state index in [9.17, 15) is 8.42 Å². The summed E-state index contributed by atoms with van der Waals surface area (Å²) in [6, 6.07) is 0. The van der Waals surface area contributed by atoms with Crippen molar-refractivity contribution in [1.82, 2.24) is 4.72 Å². The van der Waals surface area contributed by atoms with Crippen LogP contribution in [0.3, 0.4) is 0 Å². The summed E-state index contributed by atoms with van der Waals surface area (Å²) in [6.07, 6.45) is 0. The zero-order chi connectivity index (χ0) is 7.49. The lowest BCUT2D eigenvalue weighted by Crippen LogP contribution is -2.31. The molecule has 0 rings (SSSR count). The van der Waals surface area contributed by atoms with Crippen LogP contribution in [0.4, 0.5) is 0 Å². The molecule has 0 aromatic rings. The van der Waals surface area contributed by atoms with Crippen LogP contribution in [0.1, 0.15) is 6.92 Å². The predicted octanol–water partition coefficient (Wildman–Crippen LogP) is -1.08. The van der Waals surface area contributed by atoms with Gasteiger partial charge in [0.2, 0.25) is 10.0 Å². The zero-order valence-corrected chi connectivity index (χ0v) is 6.27. The highest BCUT2D eigenvalue weighted by molar-refractivity contribution is 7.90. The normalized spacial score (nSPS) is 15.4. The lowest BCUT2D eigenvalue weighted by atomic mass is 10.5. The molecule has 1 atom stereocenters. The van der Waals surface area contributed by atoms with Crippen LogP contribution < -0.4 is 4.72 Å². The largest absolute Gasteiger partial charge is 0.395 e. The van der Waals surface area contributed by atoms with Crippen molar-refractivity contribution in [2.75, 3.05) is 13.7 Å². The maximum atomic E-state index is 10.7. The molecule has 9 heavy (non-hydrogen) atoms. The van der Waals surface area contributed by atoms with Crippen molar-refractivity contribution in [3.05, 3.63) is 0 Å². The van der Waals surface area contributed by atoms with Crippen LogP contribution in [-0.2, 0) is 10.0 Å². The third kappa shape index (κ3) is 2.30. The van der Waals surface area contributed by atoms with Crippen LogP contribution in [0.2, 0.25) is 0 Å². The molecule has 1 unspecified atom stereocenters. The summed E-state index contributed by atoms with van der Waals surface area (Å²) in [6.45, 7) is 1.09. The third-order valence-electron chi connectivity index (χ3n) is 1.07. The molecule has 0 bridgehead atoms. The molecule has 0 saturated heterocycles. The molecule has 0 aliphatic rings. The van der Waals surface area contributed by atoms with E-state index in [1.54, 1.807) is 0 Å². The van der Waals surface area contributed by atoms with E-state index in [0.717, 1.165) is 0 Å². The number of hydrogen-bond acceptors (Lipinski definition) is 3. The summed E-state index contributed by atoms with van der Waals surface area (Å²) >= 11 is 0. The van der Waals surface area contributed by atoms with Crippen LogP contribution in [0.15, 0.2) is 0 Å². The molecule has 0 spiro atoms. The van der Waals surface area contributed by atoms with Gasteiger partial charge in [-0.05, 0) is 14.0 Å². The number of rotatable bonds is 3. The summed E-state index contributed by atoms with van der Waals surface area (Å²) in [4.78, 5) is 0. The van der Waals surface area contributed by atoms with Gasteiger partial charge in [-0.15, -0.1) is 0 Å². The van der Waals surface area contributed by atoms with E-state index in [-0.39, 0.29) is 6.61 Å². The summed E-state index contributed by atoms with van der Waals surface area (Å²) in [5, 5.41) is 7.66. The Bertz CT molecular complexity index is 163. The van der Waals surface area contributed by atoms with Gasteiger partial charge in [0.05, 0.1) is 11.9 Å². The second-order valence-electron chi connectivity index (χ2n) is 1.74. The fourth-order valence-electron chi connectivity index (χ4n) is 0.299. The van der Waals surface area contributed by atoms with E-state index in [2.05, 4.69) is 4.72 Å². The minimum atomic E-state index is -3.25. The molecule has 4 nitrogen and oxygen atoms in total. The van der Waals surface area contributed by atoms with E-state index >= 15 is 0 Å². The Morgan fingerprint density at radius 3 is 2.22 bits per heavy atom. The van der Waals surface area contributed by atoms with Crippen LogP contribution in [0.5, 0.6) is 0 Å². The molecule has 5 heteroatoms.